The number of thiophene rings is 1. The molecule has 2 heterocycles. The fraction of sp³-hybridized carbons (Fsp3) is 0.0833. The Morgan fingerprint density at radius 3 is 2.90 bits per heavy atom. The fourth-order valence-electron chi connectivity index (χ4n) is 1.48. The SMILES string of the molecule is CNc1sc(Sc2cc(Cl)ncc2C#N)cc1C(N)=O. The third-order valence-corrected chi connectivity index (χ3v) is 4.90. The molecule has 0 fully saturated rings. The van der Waals surface area contributed by atoms with Crippen molar-refractivity contribution in [3.05, 3.63) is 34.6 Å². The van der Waals surface area contributed by atoms with Crippen molar-refractivity contribution in [3.63, 3.8) is 0 Å². The summed E-state index contributed by atoms with van der Waals surface area (Å²) >= 11 is 8.57. The Morgan fingerprint density at radius 2 is 2.35 bits per heavy atom. The average Bonchev–Trinajstić information content (AvgIpc) is 2.82. The lowest BCUT2D eigenvalue weighted by Crippen LogP contribution is -2.11. The van der Waals surface area contributed by atoms with Crippen molar-refractivity contribution in [3.8, 4) is 6.07 Å². The summed E-state index contributed by atoms with van der Waals surface area (Å²) in [6.07, 6.45) is 1.42. The van der Waals surface area contributed by atoms with Gasteiger partial charge in [-0.25, -0.2) is 4.98 Å². The van der Waals surface area contributed by atoms with Gasteiger partial charge in [0.2, 0.25) is 0 Å². The second-order valence-electron chi connectivity index (χ2n) is 3.64. The minimum atomic E-state index is -0.495. The highest BCUT2D eigenvalue weighted by Crippen LogP contribution is 2.39. The summed E-state index contributed by atoms with van der Waals surface area (Å²) in [6.45, 7) is 0. The van der Waals surface area contributed by atoms with Crippen LogP contribution in [0.25, 0.3) is 0 Å². The van der Waals surface area contributed by atoms with Crippen LogP contribution in [0.15, 0.2) is 27.4 Å². The third-order valence-electron chi connectivity index (χ3n) is 2.37. The van der Waals surface area contributed by atoms with E-state index in [-0.39, 0.29) is 0 Å². The van der Waals surface area contributed by atoms with Gasteiger partial charge >= 0.3 is 0 Å². The molecule has 3 N–H and O–H groups in total. The molecule has 0 aliphatic rings. The number of carbonyl (C=O) groups is 1. The molecule has 2 aromatic rings. The predicted octanol–water partition coefficient (Wildman–Crippen LogP) is 2.96. The van der Waals surface area contributed by atoms with Crippen molar-refractivity contribution in [2.75, 3.05) is 12.4 Å². The van der Waals surface area contributed by atoms with E-state index in [9.17, 15) is 4.79 Å². The van der Waals surface area contributed by atoms with Crippen LogP contribution >= 0.6 is 34.7 Å². The zero-order valence-corrected chi connectivity index (χ0v) is 12.7. The van der Waals surface area contributed by atoms with Crippen LogP contribution in [0.4, 0.5) is 5.00 Å². The van der Waals surface area contributed by atoms with E-state index in [1.807, 2.05) is 0 Å². The number of nitrogens with one attached hydrogen (secondary N) is 1. The second kappa shape index (κ2) is 6.13. The minimum absolute atomic E-state index is 0.312. The molecule has 0 aliphatic carbocycles. The minimum Gasteiger partial charge on any atom is -0.379 e. The number of primary amides is 1. The maximum absolute atomic E-state index is 11.3. The van der Waals surface area contributed by atoms with E-state index in [0.717, 1.165) is 4.21 Å². The first-order chi connectivity index (χ1) is 9.55. The highest BCUT2D eigenvalue weighted by atomic mass is 35.5. The molecule has 0 radical (unpaired) electrons. The monoisotopic (exact) mass is 324 g/mol. The smallest absolute Gasteiger partial charge is 0.251 e. The average molecular weight is 325 g/mol. The first kappa shape index (κ1) is 14.7. The lowest BCUT2D eigenvalue weighted by atomic mass is 10.3. The van der Waals surface area contributed by atoms with E-state index >= 15 is 0 Å². The van der Waals surface area contributed by atoms with Crippen molar-refractivity contribution < 1.29 is 4.79 Å². The van der Waals surface area contributed by atoms with E-state index < -0.39 is 5.91 Å². The van der Waals surface area contributed by atoms with Gasteiger partial charge in [-0.3, -0.25) is 4.79 Å². The van der Waals surface area contributed by atoms with E-state index in [2.05, 4.69) is 16.4 Å². The van der Waals surface area contributed by atoms with Crippen molar-refractivity contribution in [1.29, 1.82) is 5.26 Å². The first-order valence-electron chi connectivity index (χ1n) is 5.40. The van der Waals surface area contributed by atoms with Crippen LogP contribution in [0.5, 0.6) is 0 Å². The second-order valence-corrected chi connectivity index (χ2v) is 6.42. The molecule has 0 saturated heterocycles. The van der Waals surface area contributed by atoms with Gasteiger partial charge in [0.15, 0.2) is 0 Å². The molecule has 20 heavy (non-hydrogen) atoms. The van der Waals surface area contributed by atoms with E-state index in [0.29, 0.717) is 26.2 Å². The van der Waals surface area contributed by atoms with Gasteiger partial charge < -0.3 is 11.1 Å². The van der Waals surface area contributed by atoms with Crippen LogP contribution in [0.1, 0.15) is 15.9 Å². The highest BCUT2D eigenvalue weighted by molar-refractivity contribution is 8.01. The molecule has 0 atom stereocenters. The van der Waals surface area contributed by atoms with Gasteiger partial charge in [-0.1, -0.05) is 23.4 Å². The number of nitriles is 1. The summed E-state index contributed by atoms with van der Waals surface area (Å²) in [6, 6.07) is 5.37. The topological polar surface area (TPSA) is 91.8 Å². The summed E-state index contributed by atoms with van der Waals surface area (Å²) in [4.78, 5) is 15.9. The number of anilines is 1. The molecule has 102 valence electrons. The Balaban J connectivity index is 2.38. The lowest BCUT2D eigenvalue weighted by molar-refractivity contribution is 0.100. The van der Waals surface area contributed by atoms with Crippen molar-refractivity contribution >= 4 is 45.6 Å². The zero-order valence-electron chi connectivity index (χ0n) is 10.3. The van der Waals surface area contributed by atoms with Crippen LogP contribution in [-0.2, 0) is 0 Å². The van der Waals surface area contributed by atoms with Crippen molar-refractivity contribution in [1.82, 2.24) is 4.98 Å². The Labute approximate surface area is 128 Å². The Hall–Kier alpha value is -1.75. The Bertz CT molecular complexity index is 708. The standard InChI is InChI=1S/C12H9ClN4OS2/c1-16-12-7(11(15)18)2-10(20-12)19-8-3-9(13)17-5-6(8)4-14/h2-3,5,16H,1H3,(H2,15,18). The number of hydrogen-bond acceptors (Lipinski definition) is 6. The number of rotatable bonds is 4. The molecule has 2 aromatic heterocycles. The number of pyridine rings is 1. The predicted molar refractivity (Wildman–Crippen MR) is 80.5 cm³/mol. The van der Waals surface area contributed by atoms with Gasteiger partial charge in [0.25, 0.3) is 5.91 Å². The van der Waals surface area contributed by atoms with Crippen molar-refractivity contribution in [2.45, 2.75) is 9.10 Å². The molecule has 0 aliphatic heterocycles. The zero-order chi connectivity index (χ0) is 14.7. The molecule has 0 unspecified atom stereocenters. The first-order valence-corrected chi connectivity index (χ1v) is 7.41. The van der Waals surface area contributed by atoms with Gasteiger partial charge in [0, 0.05) is 18.1 Å². The maximum Gasteiger partial charge on any atom is 0.251 e. The molecule has 1 amide bonds. The van der Waals surface area contributed by atoms with Crippen LogP contribution < -0.4 is 11.1 Å². The largest absolute Gasteiger partial charge is 0.379 e. The molecule has 0 saturated carbocycles. The van der Waals surface area contributed by atoms with E-state index in [1.165, 1.54) is 29.3 Å². The van der Waals surface area contributed by atoms with Gasteiger partial charge in [0.05, 0.1) is 15.3 Å². The van der Waals surface area contributed by atoms with Gasteiger partial charge in [-0.2, -0.15) is 5.26 Å². The molecule has 8 heteroatoms. The van der Waals surface area contributed by atoms with Crippen LogP contribution in [0, 0.1) is 11.3 Å². The third kappa shape index (κ3) is 3.04. The maximum atomic E-state index is 11.3. The lowest BCUT2D eigenvalue weighted by Gasteiger charge is -2.01. The normalized spacial score (nSPS) is 10.1. The summed E-state index contributed by atoms with van der Waals surface area (Å²) in [5.74, 6) is -0.495. The van der Waals surface area contributed by atoms with E-state index in [4.69, 9.17) is 22.6 Å². The van der Waals surface area contributed by atoms with E-state index in [1.54, 1.807) is 19.2 Å². The summed E-state index contributed by atoms with van der Waals surface area (Å²) in [5, 5.41) is 13.0. The number of nitrogens with zero attached hydrogens (tertiary/aromatic N) is 2. The fourth-order valence-corrected chi connectivity index (χ4v) is 3.91. The number of carbonyl (C=O) groups excluding carboxylic acids is 1. The molecular weight excluding hydrogens is 316 g/mol. The highest BCUT2D eigenvalue weighted by Gasteiger charge is 2.15. The molecular formula is C12H9ClN4OS2. The summed E-state index contributed by atoms with van der Waals surface area (Å²) in [5.41, 5.74) is 6.17. The number of aromatic nitrogens is 1. The quantitative estimate of drug-likeness (QED) is 0.843. The molecule has 0 bridgehead atoms. The number of hydrogen-bond donors (Lipinski definition) is 2. The summed E-state index contributed by atoms with van der Waals surface area (Å²) < 4.78 is 0.835. The molecule has 2 rings (SSSR count). The van der Waals surface area contributed by atoms with Crippen LogP contribution in [0.2, 0.25) is 5.15 Å². The Morgan fingerprint density at radius 1 is 1.60 bits per heavy atom. The van der Waals surface area contributed by atoms with Crippen LogP contribution in [-0.4, -0.2) is 17.9 Å². The molecule has 0 spiro atoms. The molecule has 5 nitrogen and oxygen atoms in total. The van der Waals surface area contributed by atoms with Crippen LogP contribution in [0.3, 0.4) is 0 Å². The summed E-state index contributed by atoms with van der Waals surface area (Å²) in [7, 11) is 1.72. The number of halogens is 1. The molecule has 0 aromatic carbocycles. The Kier molecular flexibility index (Phi) is 4.49. The van der Waals surface area contributed by atoms with Gasteiger partial charge in [0.1, 0.15) is 16.2 Å². The van der Waals surface area contributed by atoms with Crippen molar-refractivity contribution in [2.24, 2.45) is 5.73 Å². The number of nitrogens with two attached hydrogens (primary N) is 1. The van der Waals surface area contributed by atoms with Gasteiger partial charge in [-0.05, 0) is 12.1 Å². The van der Waals surface area contributed by atoms with Gasteiger partial charge in [-0.15, -0.1) is 11.3 Å². The number of amides is 1.